The SMILES string of the molecule is Cc1noc(COC(=O)[C@H](Cc2c[nH]c3ccccc23)NC(=O)c2ccc(Cl)cc2)n1. The van der Waals surface area contributed by atoms with Crippen molar-refractivity contribution in [2.24, 2.45) is 0 Å². The molecule has 0 bridgehead atoms. The normalized spacial score (nSPS) is 11.9. The number of nitrogens with zero attached hydrogens (tertiary/aromatic N) is 2. The molecule has 0 unspecified atom stereocenters. The number of hydrogen-bond acceptors (Lipinski definition) is 6. The molecule has 0 saturated carbocycles. The van der Waals surface area contributed by atoms with Crippen LogP contribution in [0.25, 0.3) is 10.9 Å². The average Bonchev–Trinajstić information content (AvgIpc) is 3.38. The number of ether oxygens (including phenoxy) is 1. The number of esters is 1. The van der Waals surface area contributed by atoms with Gasteiger partial charge in [-0.2, -0.15) is 4.98 Å². The summed E-state index contributed by atoms with van der Waals surface area (Å²) >= 11 is 5.89. The van der Waals surface area contributed by atoms with Crippen molar-refractivity contribution in [2.75, 3.05) is 0 Å². The lowest BCUT2D eigenvalue weighted by Gasteiger charge is -2.17. The molecule has 9 heteroatoms. The van der Waals surface area contributed by atoms with Gasteiger partial charge in [-0.05, 0) is 42.8 Å². The van der Waals surface area contributed by atoms with Crippen LogP contribution in [0.4, 0.5) is 0 Å². The molecule has 2 aromatic carbocycles. The minimum absolute atomic E-state index is 0.180. The Hall–Kier alpha value is -3.65. The van der Waals surface area contributed by atoms with E-state index in [0.29, 0.717) is 16.4 Å². The molecule has 2 aromatic heterocycles. The number of halogens is 1. The lowest BCUT2D eigenvalue weighted by Crippen LogP contribution is -2.43. The van der Waals surface area contributed by atoms with Gasteiger partial charge < -0.3 is 19.6 Å². The molecular formula is C22H19ClN4O4. The van der Waals surface area contributed by atoms with Crippen molar-refractivity contribution in [3.8, 4) is 0 Å². The molecule has 0 aliphatic carbocycles. The molecule has 1 amide bonds. The maximum absolute atomic E-state index is 12.8. The van der Waals surface area contributed by atoms with Gasteiger partial charge in [0.05, 0.1) is 0 Å². The third-order valence-electron chi connectivity index (χ3n) is 4.70. The fourth-order valence-corrected chi connectivity index (χ4v) is 3.31. The largest absolute Gasteiger partial charge is 0.454 e. The average molecular weight is 439 g/mol. The van der Waals surface area contributed by atoms with Gasteiger partial charge in [-0.3, -0.25) is 4.79 Å². The maximum Gasteiger partial charge on any atom is 0.329 e. The summed E-state index contributed by atoms with van der Waals surface area (Å²) in [5, 5.41) is 7.91. The van der Waals surface area contributed by atoms with Crippen LogP contribution in [0.3, 0.4) is 0 Å². The zero-order chi connectivity index (χ0) is 21.8. The second-order valence-corrected chi connectivity index (χ2v) is 7.38. The Bertz CT molecular complexity index is 1220. The number of para-hydroxylation sites is 1. The number of rotatable bonds is 7. The molecule has 2 N–H and O–H groups in total. The molecule has 2 heterocycles. The fourth-order valence-electron chi connectivity index (χ4n) is 3.19. The topological polar surface area (TPSA) is 110 Å². The van der Waals surface area contributed by atoms with Crippen LogP contribution in [0.5, 0.6) is 0 Å². The predicted octanol–water partition coefficient (Wildman–Crippen LogP) is 3.60. The van der Waals surface area contributed by atoms with Crippen molar-refractivity contribution in [3.05, 3.63) is 82.6 Å². The Kier molecular flexibility index (Phi) is 5.99. The van der Waals surface area contributed by atoms with Gasteiger partial charge in [-0.15, -0.1) is 0 Å². The molecule has 4 aromatic rings. The van der Waals surface area contributed by atoms with Crippen molar-refractivity contribution in [1.29, 1.82) is 0 Å². The summed E-state index contributed by atoms with van der Waals surface area (Å²) in [5.74, 6) is -0.395. The van der Waals surface area contributed by atoms with Crippen molar-refractivity contribution in [3.63, 3.8) is 0 Å². The fraction of sp³-hybridized carbons (Fsp3) is 0.182. The third kappa shape index (κ3) is 4.92. The zero-order valence-corrected chi connectivity index (χ0v) is 17.3. The molecule has 0 radical (unpaired) electrons. The predicted molar refractivity (Wildman–Crippen MR) is 114 cm³/mol. The third-order valence-corrected chi connectivity index (χ3v) is 4.95. The standard InChI is InChI=1S/C22H19ClN4O4/c1-13-25-20(31-27-13)12-30-22(29)19(26-21(28)14-6-8-16(23)9-7-14)10-15-11-24-18-5-3-2-4-17(15)18/h2-9,11,19,24H,10,12H2,1H3,(H,26,28)/t19-/m0/s1. The van der Waals surface area contributed by atoms with Crippen LogP contribution in [0.1, 0.15) is 27.6 Å². The van der Waals surface area contributed by atoms with Crippen molar-refractivity contribution < 1.29 is 18.8 Å². The van der Waals surface area contributed by atoms with E-state index in [2.05, 4.69) is 20.4 Å². The van der Waals surface area contributed by atoms with Gasteiger partial charge in [0, 0.05) is 34.1 Å². The van der Waals surface area contributed by atoms with E-state index >= 15 is 0 Å². The molecule has 0 spiro atoms. The number of aromatic nitrogens is 3. The number of fused-ring (bicyclic) bond motifs is 1. The van der Waals surface area contributed by atoms with Gasteiger partial charge >= 0.3 is 5.97 Å². The van der Waals surface area contributed by atoms with E-state index in [1.165, 1.54) is 0 Å². The molecule has 4 rings (SSSR count). The highest BCUT2D eigenvalue weighted by molar-refractivity contribution is 6.30. The number of H-pyrrole nitrogens is 1. The summed E-state index contributed by atoms with van der Waals surface area (Å²) in [4.78, 5) is 32.8. The van der Waals surface area contributed by atoms with Crippen LogP contribution in [-0.4, -0.2) is 33.0 Å². The van der Waals surface area contributed by atoms with Gasteiger partial charge in [0.15, 0.2) is 12.4 Å². The van der Waals surface area contributed by atoms with Gasteiger partial charge in [0.1, 0.15) is 6.04 Å². The van der Waals surface area contributed by atoms with Gasteiger partial charge in [0.2, 0.25) is 0 Å². The van der Waals surface area contributed by atoms with E-state index in [9.17, 15) is 9.59 Å². The molecule has 0 saturated heterocycles. The summed E-state index contributed by atoms with van der Waals surface area (Å²) in [6.45, 7) is 1.49. The van der Waals surface area contributed by atoms with E-state index in [1.807, 2.05) is 30.5 Å². The summed E-state index contributed by atoms with van der Waals surface area (Å²) in [5.41, 5.74) is 2.20. The Morgan fingerprint density at radius 1 is 1.19 bits per heavy atom. The van der Waals surface area contributed by atoms with Gasteiger partial charge in [0.25, 0.3) is 11.8 Å². The van der Waals surface area contributed by atoms with Crippen LogP contribution in [0.2, 0.25) is 5.02 Å². The number of benzene rings is 2. The second kappa shape index (κ2) is 9.01. The van der Waals surface area contributed by atoms with Crippen LogP contribution in [0.15, 0.2) is 59.3 Å². The molecule has 0 aliphatic heterocycles. The van der Waals surface area contributed by atoms with Crippen LogP contribution in [0, 0.1) is 6.92 Å². The van der Waals surface area contributed by atoms with E-state index in [1.54, 1.807) is 31.2 Å². The molecule has 1 atom stereocenters. The van der Waals surface area contributed by atoms with E-state index < -0.39 is 17.9 Å². The first kappa shape index (κ1) is 20.6. The number of carbonyl (C=O) groups excluding carboxylic acids is 2. The molecule has 31 heavy (non-hydrogen) atoms. The highest BCUT2D eigenvalue weighted by Gasteiger charge is 2.25. The van der Waals surface area contributed by atoms with Crippen molar-refractivity contribution >= 4 is 34.4 Å². The Labute approximate surface area is 182 Å². The number of aryl methyl sites for hydroxylation is 1. The molecule has 8 nitrogen and oxygen atoms in total. The van der Waals surface area contributed by atoms with Crippen LogP contribution >= 0.6 is 11.6 Å². The Morgan fingerprint density at radius 2 is 1.97 bits per heavy atom. The number of carbonyl (C=O) groups is 2. The number of hydrogen-bond donors (Lipinski definition) is 2. The first-order valence-corrected chi connectivity index (χ1v) is 9.94. The molecule has 158 valence electrons. The Balaban J connectivity index is 1.53. The van der Waals surface area contributed by atoms with Gasteiger partial charge in [-0.25, -0.2) is 4.79 Å². The quantitative estimate of drug-likeness (QED) is 0.426. The number of aromatic amines is 1. The van der Waals surface area contributed by atoms with Crippen LogP contribution in [-0.2, 0) is 22.6 Å². The maximum atomic E-state index is 12.8. The van der Waals surface area contributed by atoms with Crippen molar-refractivity contribution in [2.45, 2.75) is 26.0 Å². The minimum Gasteiger partial charge on any atom is -0.454 e. The van der Waals surface area contributed by atoms with Crippen molar-refractivity contribution in [1.82, 2.24) is 20.4 Å². The lowest BCUT2D eigenvalue weighted by atomic mass is 10.0. The van der Waals surface area contributed by atoms with Crippen LogP contribution < -0.4 is 5.32 Å². The molecule has 0 aliphatic rings. The summed E-state index contributed by atoms with van der Waals surface area (Å²) in [6, 6.07) is 13.2. The van der Waals surface area contributed by atoms with E-state index in [0.717, 1.165) is 16.5 Å². The van der Waals surface area contributed by atoms with E-state index in [4.69, 9.17) is 20.9 Å². The first-order valence-electron chi connectivity index (χ1n) is 9.57. The second-order valence-electron chi connectivity index (χ2n) is 6.94. The summed E-state index contributed by atoms with van der Waals surface area (Å²) < 4.78 is 10.3. The molecular weight excluding hydrogens is 420 g/mol. The minimum atomic E-state index is -0.925. The monoisotopic (exact) mass is 438 g/mol. The number of nitrogens with one attached hydrogen (secondary N) is 2. The zero-order valence-electron chi connectivity index (χ0n) is 16.6. The van der Waals surface area contributed by atoms with Gasteiger partial charge in [-0.1, -0.05) is 35.0 Å². The first-order chi connectivity index (χ1) is 15.0. The highest BCUT2D eigenvalue weighted by atomic mass is 35.5. The summed E-state index contributed by atoms with van der Waals surface area (Å²) in [6.07, 6.45) is 2.06. The highest BCUT2D eigenvalue weighted by Crippen LogP contribution is 2.20. The Morgan fingerprint density at radius 3 is 2.71 bits per heavy atom. The molecule has 0 fully saturated rings. The summed E-state index contributed by atoms with van der Waals surface area (Å²) in [7, 11) is 0. The van der Waals surface area contributed by atoms with E-state index in [-0.39, 0.29) is 18.9 Å². The lowest BCUT2D eigenvalue weighted by molar-refractivity contribution is -0.148. The smallest absolute Gasteiger partial charge is 0.329 e. The number of amides is 1.